The minimum absolute atomic E-state index is 0.0492. The summed E-state index contributed by atoms with van der Waals surface area (Å²) < 4.78 is 5.82. The van der Waals surface area contributed by atoms with Crippen LogP contribution in [0.15, 0.2) is 78.9 Å². The molecule has 1 unspecified atom stereocenters. The van der Waals surface area contributed by atoms with Gasteiger partial charge in [-0.2, -0.15) is 0 Å². The van der Waals surface area contributed by atoms with Crippen LogP contribution in [0.3, 0.4) is 0 Å². The molecule has 1 heterocycles. The number of ether oxygens (including phenoxy) is 1. The number of amides is 1. The lowest BCUT2D eigenvalue weighted by molar-refractivity contribution is -0.137. The number of piperidine rings is 1. The van der Waals surface area contributed by atoms with Gasteiger partial charge in [0.25, 0.3) is 5.91 Å². The molecule has 1 aliphatic rings. The third kappa shape index (κ3) is 6.16. The van der Waals surface area contributed by atoms with E-state index in [0.717, 1.165) is 49.2 Å². The molecule has 6 nitrogen and oxygen atoms in total. The molecule has 176 valence electrons. The SMILES string of the molecule is O=C(O)C(Cc1ccc(OCc2ccccc2)cc1)Nc1ccccc1C(=O)N1CCCCC1. The van der Waals surface area contributed by atoms with Crippen LogP contribution in [0.25, 0.3) is 0 Å². The van der Waals surface area contributed by atoms with E-state index in [2.05, 4.69) is 5.32 Å². The number of nitrogens with zero attached hydrogens (tertiary/aromatic N) is 1. The predicted octanol–water partition coefficient (Wildman–Crippen LogP) is 5.00. The van der Waals surface area contributed by atoms with Crippen molar-refractivity contribution in [2.24, 2.45) is 0 Å². The molecule has 0 aliphatic carbocycles. The van der Waals surface area contributed by atoms with Gasteiger partial charge in [-0.15, -0.1) is 0 Å². The number of likely N-dealkylation sites (tertiary alicyclic amines) is 1. The van der Waals surface area contributed by atoms with Crippen LogP contribution >= 0.6 is 0 Å². The maximum absolute atomic E-state index is 13.1. The van der Waals surface area contributed by atoms with Crippen molar-refractivity contribution in [1.29, 1.82) is 0 Å². The second kappa shape index (κ2) is 11.4. The van der Waals surface area contributed by atoms with Crippen molar-refractivity contribution in [2.45, 2.75) is 38.3 Å². The highest BCUT2D eigenvalue weighted by Crippen LogP contribution is 2.22. The molecule has 0 aromatic heterocycles. The molecule has 1 aliphatic heterocycles. The average Bonchev–Trinajstić information content (AvgIpc) is 2.89. The van der Waals surface area contributed by atoms with E-state index in [9.17, 15) is 14.7 Å². The number of nitrogens with one attached hydrogen (secondary N) is 1. The van der Waals surface area contributed by atoms with Crippen LogP contribution in [0.2, 0.25) is 0 Å². The Kier molecular flexibility index (Phi) is 7.81. The standard InChI is InChI=1S/C28H30N2O4/c31-27(30-17-7-2-8-18-30)24-11-5-6-12-25(24)29-26(28(32)33)19-21-13-15-23(16-14-21)34-20-22-9-3-1-4-10-22/h1,3-6,9-16,26,29H,2,7-8,17-20H2,(H,32,33). The third-order valence-corrected chi connectivity index (χ3v) is 6.04. The molecule has 0 spiro atoms. The zero-order valence-electron chi connectivity index (χ0n) is 19.2. The van der Waals surface area contributed by atoms with Crippen LogP contribution in [0.4, 0.5) is 5.69 Å². The van der Waals surface area contributed by atoms with Crippen LogP contribution in [0.1, 0.15) is 40.7 Å². The Morgan fingerprint density at radius 1 is 0.853 bits per heavy atom. The van der Waals surface area contributed by atoms with Crippen molar-refractivity contribution in [1.82, 2.24) is 4.90 Å². The summed E-state index contributed by atoms with van der Waals surface area (Å²) in [7, 11) is 0. The quantitative estimate of drug-likeness (QED) is 0.472. The second-order valence-electron chi connectivity index (χ2n) is 8.56. The van der Waals surface area contributed by atoms with Crippen LogP contribution in [-0.4, -0.2) is 41.0 Å². The van der Waals surface area contributed by atoms with Crippen LogP contribution in [0, 0.1) is 0 Å². The molecule has 3 aromatic rings. The van der Waals surface area contributed by atoms with Gasteiger partial charge >= 0.3 is 5.97 Å². The number of hydrogen-bond acceptors (Lipinski definition) is 4. The fourth-order valence-electron chi connectivity index (χ4n) is 4.15. The average molecular weight is 459 g/mol. The smallest absolute Gasteiger partial charge is 0.326 e. The number of rotatable bonds is 9. The van der Waals surface area contributed by atoms with Gasteiger partial charge in [0.15, 0.2) is 0 Å². The van der Waals surface area contributed by atoms with E-state index in [-0.39, 0.29) is 12.3 Å². The van der Waals surface area contributed by atoms with E-state index in [1.165, 1.54) is 0 Å². The molecule has 1 saturated heterocycles. The molecule has 0 bridgehead atoms. The van der Waals surface area contributed by atoms with Gasteiger partial charge in [0.05, 0.1) is 5.56 Å². The first-order chi connectivity index (χ1) is 16.6. The number of carboxylic acids is 1. The van der Waals surface area contributed by atoms with E-state index in [1.807, 2.05) is 71.6 Å². The van der Waals surface area contributed by atoms with Gasteiger partial charge < -0.3 is 20.1 Å². The highest BCUT2D eigenvalue weighted by Gasteiger charge is 2.24. The summed E-state index contributed by atoms with van der Waals surface area (Å²) in [4.78, 5) is 26.9. The maximum Gasteiger partial charge on any atom is 0.326 e. The summed E-state index contributed by atoms with van der Waals surface area (Å²) in [6, 6.07) is 23.7. The lowest BCUT2D eigenvalue weighted by Gasteiger charge is -2.28. The van der Waals surface area contributed by atoms with Gasteiger partial charge in [0, 0.05) is 25.2 Å². The summed E-state index contributed by atoms with van der Waals surface area (Å²) in [6.07, 6.45) is 3.43. The summed E-state index contributed by atoms with van der Waals surface area (Å²) >= 11 is 0. The highest BCUT2D eigenvalue weighted by atomic mass is 16.5. The molecule has 6 heteroatoms. The molecular formula is C28H30N2O4. The lowest BCUT2D eigenvalue weighted by Crippen LogP contribution is -2.37. The molecule has 0 radical (unpaired) electrons. The number of carbonyl (C=O) groups excluding carboxylic acids is 1. The first-order valence-corrected chi connectivity index (χ1v) is 11.7. The lowest BCUT2D eigenvalue weighted by atomic mass is 10.0. The Labute approximate surface area is 200 Å². The Morgan fingerprint density at radius 2 is 1.53 bits per heavy atom. The summed E-state index contributed by atoms with van der Waals surface area (Å²) in [5.41, 5.74) is 3.01. The van der Waals surface area contributed by atoms with Gasteiger partial charge in [-0.05, 0) is 54.7 Å². The Balaban J connectivity index is 1.41. The van der Waals surface area contributed by atoms with Gasteiger partial charge in [-0.3, -0.25) is 4.79 Å². The minimum Gasteiger partial charge on any atom is -0.489 e. The number of carboxylic acid groups (broad SMARTS) is 1. The van der Waals surface area contributed by atoms with Gasteiger partial charge in [-0.1, -0.05) is 54.6 Å². The summed E-state index contributed by atoms with van der Waals surface area (Å²) in [6.45, 7) is 1.96. The minimum atomic E-state index is -0.968. The fraction of sp³-hybridized carbons (Fsp3) is 0.286. The van der Waals surface area contributed by atoms with Crippen molar-refractivity contribution in [3.63, 3.8) is 0 Å². The number of benzene rings is 3. The zero-order chi connectivity index (χ0) is 23.8. The topological polar surface area (TPSA) is 78.9 Å². The molecule has 0 saturated carbocycles. The number of aliphatic carboxylic acids is 1. The second-order valence-corrected chi connectivity index (χ2v) is 8.56. The monoisotopic (exact) mass is 458 g/mol. The molecule has 1 amide bonds. The largest absolute Gasteiger partial charge is 0.489 e. The first kappa shape index (κ1) is 23.4. The van der Waals surface area contributed by atoms with Crippen molar-refractivity contribution in [3.05, 3.63) is 95.6 Å². The fourth-order valence-corrected chi connectivity index (χ4v) is 4.15. The molecule has 4 rings (SSSR count). The summed E-state index contributed by atoms with van der Waals surface area (Å²) in [5.74, 6) is -0.290. The molecule has 2 N–H and O–H groups in total. The van der Waals surface area contributed by atoms with Crippen LogP contribution < -0.4 is 10.1 Å². The van der Waals surface area contributed by atoms with E-state index >= 15 is 0 Å². The number of hydrogen-bond donors (Lipinski definition) is 2. The van der Waals surface area contributed by atoms with E-state index in [1.54, 1.807) is 12.1 Å². The molecule has 3 aromatic carbocycles. The molecule has 34 heavy (non-hydrogen) atoms. The molecular weight excluding hydrogens is 428 g/mol. The van der Waals surface area contributed by atoms with E-state index in [0.29, 0.717) is 17.9 Å². The number of para-hydroxylation sites is 1. The Hall–Kier alpha value is -3.80. The maximum atomic E-state index is 13.1. The third-order valence-electron chi connectivity index (χ3n) is 6.04. The van der Waals surface area contributed by atoms with Gasteiger partial charge in [-0.25, -0.2) is 4.79 Å². The molecule has 1 atom stereocenters. The van der Waals surface area contributed by atoms with E-state index < -0.39 is 12.0 Å². The normalized spacial score (nSPS) is 14.3. The summed E-state index contributed by atoms with van der Waals surface area (Å²) in [5, 5.41) is 13.0. The van der Waals surface area contributed by atoms with Crippen molar-refractivity contribution in [2.75, 3.05) is 18.4 Å². The van der Waals surface area contributed by atoms with Crippen molar-refractivity contribution < 1.29 is 19.4 Å². The molecule has 1 fully saturated rings. The zero-order valence-corrected chi connectivity index (χ0v) is 19.2. The Bertz CT molecular complexity index is 1090. The predicted molar refractivity (Wildman–Crippen MR) is 132 cm³/mol. The van der Waals surface area contributed by atoms with Crippen molar-refractivity contribution >= 4 is 17.6 Å². The number of carbonyl (C=O) groups is 2. The number of anilines is 1. The van der Waals surface area contributed by atoms with Gasteiger partial charge in [0.2, 0.25) is 0 Å². The van der Waals surface area contributed by atoms with Gasteiger partial charge in [0.1, 0.15) is 18.4 Å². The Morgan fingerprint density at radius 3 is 2.24 bits per heavy atom. The highest BCUT2D eigenvalue weighted by molar-refractivity contribution is 6.00. The van der Waals surface area contributed by atoms with Crippen LogP contribution in [0.5, 0.6) is 5.75 Å². The van der Waals surface area contributed by atoms with E-state index in [4.69, 9.17) is 4.74 Å². The van der Waals surface area contributed by atoms with Crippen LogP contribution in [-0.2, 0) is 17.8 Å². The van der Waals surface area contributed by atoms with Crippen molar-refractivity contribution in [3.8, 4) is 5.75 Å². The first-order valence-electron chi connectivity index (χ1n) is 11.7.